The zero-order chi connectivity index (χ0) is 12.0. The Morgan fingerprint density at radius 2 is 2.17 bits per heavy atom. The molecular weight excluding hydrogens is 250 g/mol. The molecule has 1 aliphatic heterocycles. The Morgan fingerprint density at radius 3 is 2.89 bits per heavy atom. The summed E-state index contributed by atoms with van der Waals surface area (Å²) in [6.45, 7) is 2.16. The lowest BCUT2D eigenvalue weighted by Crippen LogP contribution is -2.48. The number of halogens is 1. The van der Waals surface area contributed by atoms with Gasteiger partial charge >= 0.3 is 0 Å². The van der Waals surface area contributed by atoms with Gasteiger partial charge in [0.25, 0.3) is 0 Å². The van der Waals surface area contributed by atoms with Gasteiger partial charge in [0.1, 0.15) is 5.60 Å². The molecule has 0 amide bonds. The largest absolute Gasteiger partial charge is 0.493 e. The number of methoxy groups -OCH3 is 1. The van der Waals surface area contributed by atoms with Crippen LogP contribution in [0, 0.1) is 0 Å². The first-order valence-corrected chi connectivity index (χ1v) is 6.23. The lowest BCUT2D eigenvalue weighted by atomic mass is 9.71. The molecule has 2 N–H and O–H groups in total. The van der Waals surface area contributed by atoms with Crippen LogP contribution in [-0.2, 0) is 0 Å². The van der Waals surface area contributed by atoms with Gasteiger partial charge < -0.3 is 15.2 Å². The highest BCUT2D eigenvalue weighted by atomic mass is 35.5. The Morgan fingerprint density at radius 1 is 1.39 bits per heavy atom. The van der Waals surface area contributed by atoms with E-state index in [9.17, 15) is 0 Å². The van der Waals surface area contributed by atoms with Gasteiger partial charge in [0.15, 0.2) is 11.5 Å². The minimum absolute atomic E-state index is 0. The van der Waals surface area contributed by atoms with Crippen LogP contribution in [0.15, 0.2) is 18.2 Å². The molecule has 1 fully saturated rings. The van der Waals surface area contributed by atoms with E-state index in [1.165, 1.54) is 5.56 Å². The second-order valence-corrected chi connectivity index (χ2v) is 5.53. The van der Waals surface area contributed by atoms with E-state index in [0.717, 1.165) is 30.8 Å². The number of fused-ring (bicyclic) bond motifs is 4. The van der Waals surface area contributed by atoms with Gasteiger partial charge in [-0.1, -0.05) is 12.1 Å². The van der Waals surface area contributed by atoms with E-state index in [4.69, 9.17) is 15.2 Å². The molecule has 0 aromatic heterocycles. The van der Waals surface area contributed by atoms with Gasteiger partial charge in [-0.05, 0) is 31.7 Å². The second kappa shape index (κ2) is 4.63. The fraction of sp³-hybridized carbons (Fsp3) is 0.571. The zero-order valence-corrected chi connectivity index (χ0v) is 11.6. The normalized spacial score (nSPS) is 32.8. The summed E-state index contributed by atoms with van der Waals surface area (Å²) >= 11 is 0. The van der Waals surface area contributed by atoms with E-state index in [-0.39, 0.29) is 24.0 Å². The quantitative estimate of drug-likeness (QED) is 0.853. The Hall–Kier alpha value is -0.930. The van der Waals surface area contributed by atoms with Crippen molar-refractivity contribution in [1.82, 2.24) is 0 Å². The Labute approximate surface area is 114 Å². The minimum atomic E-state index is -0.121. The highest BCUT2D eigenvalue weighted by Crippen LogP contribution is 2.51. The van der Waals surface area contributed by atoms with Crippen LogP contribution >= 0.6 is 12.4 Å². The molecule has 1 aromatic rings. The SMILES string of the molecule is COc1cccc2c1OC1(C)CC(N)CC2C1.Cl. The number of benzene rings is 1. The minimum Gasteiger partial charge on any atom is -0.493 e. The molecule has 3 nitrogen and oxygen atoms in total. The number of rotatable bonds is 1. The Kier molecular flexibility index (Phi) is 3.47. The number of para-hydroxylation sites is 1. The van der Waals surface area contributed by atoms with Crippen molar-refractivity contribution in [2.75, 3.05) is 7.11 Å². The first-order chi connectivity index (χ1) is 8.11. The molecule has 3 unspecified atom stereocenters. The summed E-state index contributed by atoms with van der Waals surface area (Å²) in [5, 5.41) is 0. The second-order valence-electron chi connectivity index (χ2n) is 5.53. The van der Waals surface area contributed by atoms with Crippen molar-refractivity contribution in [3.63, 3.8) is 0 Å². The maximum absolute atomic E-state index is 6.18. The number of hydrogen-bond acceptors (Lipinski definition) is 3. The van der Waals surface area contributed by atoms with E-state index >= 15 is 0 Å². The van der Waals surface area contributed by atoms with E-state index in [0.29, 0.717) is 5.92 Å². The standard InChI is InChI=1S/C14H19NO2.ClH/c1-14-7-9(6-10(15)8-14)11-4-3-5-12(16-2)13(11)17-14;/h3-5,9-10H,6-8,15H2,1-2H3;1H. The summed E-state index contributed by atoms with van der Waals surface area (Å²) in [6.07, 6.45) is 3.06. The third-order valence-electron chi connectivity index (χ3n) is 3.98. The molecule has 3 atom stereocenters. The van der Waals surface area contributed by atoms with Crippen LogP contribution in [0.2, 0.25) is 0 Å². The predicted molar refractivity (Wildman–Crippen MR) is 73.8 cm³/mol. The topological polar surface area (TPSA) is 44.5 Å². The van der Waals surface area contributed by atoms with Crippen LogP contribution in [-0.4, -0.2) is 18.8 Å². The molecule has 18 heavy (non-hydrogen) atoms. The molecule has 2 aliphatic rings. The highest BCUT2D eigenvalue weighted by molar-refractivity contribution is 5.85. The van der Waals surface area contributed by atoms with Gasteiger partial charge in [0, 0.05) is 18.0 Å². The van der Waals surface area contributed by atoms with Crippen LogP contribution < -0.4 is 15.2 Å². The average Bonchev–Trinajstić information content (AvgIpc) is 2.26. The van der Waals surface area contributed by atoms with Crippen molar-refractivity contribution in [2.24, 2.45) is 5.73 Å². The molecule has 1 heterocycles. The van der Waals surface area contributed by atoms with Crippen LogP contribution in [0.25, 0.3) is 0 Å². The fourth-order valence-electron chi connectivity index (χ4n) is 3.38. The van der Waals surface area contributed by atoms with Gasteiger partial charge in [0.2, 0.25) is 0 Å². The van der Waals surface area contributed by atoms with E-state index in [1.54, 1.807) is 7.11 Å². The van der Waals surface area contributed by atoms with Gasteiger partial charge in [-0.15, -0.1) is 12.4 Å². The molecule has 2 bridgehead atoms. The predicted octanol–water partition coefficient (Wildman–Crippen LogP) is 2.86. The third-order valence-corrected chi connectivity index (χ3v) is 3.98. The molecule has 0 spiro atoms. The van der Waals surface area contributed by atoms with Gasteiger partial charge in [-0.3, -0.25) is 0 Å². The van der Waals surface area contributed by atoms with Gasteiger partial charge in [0.05, 0.1) is 7.11 Å². The number of hydrogen-bond donors (Lipinski definition) is 1. The number of nitrogens with two attached hydrogens (primary N) is 1. The van der Waals surface area contributed by atoms with Crippen LogP contribution in [0.5, 0.6) is 11.5 Å². The molecule has 3 rings (SSSR count). The van der Waals surface area contributed by atoms with Crippen molar-refractivity contribution in [3.8, 4) is 11.5 Å². The maximum atomic E-state index is 6.18. The summed E-state index contributed by atoms with van der Waals surface area (Å²) in [4.78, 5) is 0. The van der Waals surface area contributed by atoms with Gasteiger partial charge in [-0.25, -0.2) is 0 Å². The first kappa shape index (κ1) is 13.5. The van der Waals surface area contributed by atoms with E-state index < -0.39 is 0 Å². The zero-order valence-electron chi connectivity index (χ0n) is 10.8. The molecule has 1 aromatic carbocycles. The summed E-state index contributed by atoms with van der Waals surface area (Å²) in [5.74, 6) is 2.29. The smallest absolute Gasteiger partial charge is 0.165 e. The van der Waals surface area contributed by atoms with E-state index in [2.05, 4.69) is 13.0 Å². The number of ether oxygens (including phenoxy) is 2. The monoisotopic (exact) mass is 269 g/mol. The van der Waals surface area contributed by atoms with Crippen molar-refractivity contribution < 1.29 is 9.47 Å². The first-order valence-electron chi connectivity index (χ1n) is 6.23. The van der Waals surface area contributed by atoms with Crippen molar-refractivity contribution in [3.05, 3.63) is 23.8 Å². The molecule has 100 valence electrons. The molecule has 0 saturated heterocycles. The summed E-state index contributed by atoms with van der Waals surface area (Å²) in [7, 11) is 1.69. The molecular formula is C14H20ClNO2. The maximum Gasteiger partial charge on any atom is 0.165 e. The lowest BCUT2D eigenvalue weighted by Gasteiger charge is -2.46. The highest BCUT2D eigenvalue weighted by Gasteiger charge is 2.44. The van der Waals surface area contributed by atoms with Crippen molar-refractivity contribution in [1.29, 1.82) is 0 Å². The average molecular weight is 270 g/mol. The lowest BCUT2D eigenvalue weighted by molar-refractivity contribution is 0.0112. The van der Waals surface area contributed by atoms with E-state index in [1.807, 2.05) is 12.1 Å². The van der Waals surface area contributed by atoms with Crippen molar-refractivity contribution >= 4 is 12.4 Å². The summed E-state index contributed by atoms with van der Waals surface area (Å²) < 4.78 is 11.6. The Bertz CT molecular complexity index is 451. The molecule has 1 aliphatic carbocycles. The third kappa shape index (κ3) is 2.06. The fourth-order valence-corrected chi connectivity index (χ4v) is 3.38. The summed E-state index contributed by atoms with van der Waals surface area (Å²) in [5.41, 5.74) is 7.27. The van der Waals surface area contributed by atoms with Crippen LogP contribution in [0.1, 0.15) is 37.7 Å². The Balaban J connectivity index is 0.00000120. The van der Waals surface area contributed by atoms with Crippen molar-refractivity contribution in [2.45, 2.75) is 43.7 Å². The molecule has 0 radical (unpaired) electrons. The summed E-state index contributed by atoms with van der Waals surface area (Å²) in [6, 6.07) is 6.38. The van der Waals surface area contributed by atoms with Gasteiger partial charge in [-0.2, -0.15) is 0 Å². The van der Waals surface area contributed by atoms with Crippen LogP contribution in [0.4, 0.5) is 0 Å². The van der Waals surface area contributed by atoms with Crippen LogP contribution in [0.3, 0.4) is 0 Å². The molecule has 1 saturated carbocycles. The molecule has 4 heteroatoms.